The van der Waals surface area contributed by atoms with E-state index in [1.54, 1.807) is 19.1 Å². The monoisotopic (exact) mass is 372 g/mol. The zero-order valence-electron chi connectivity index (χ0n) is 13.5. The lowest BCUT2D eigenvalue weighted by Gasteiger charge is -2.38. The van der Waals surface area contributed by atoms with Gasteiger partial charge < -0.3 is 9.84 Å². The van der Waals surface area contributed by atoms with E-state index >= 15 is 0 Å². The van der Waals surface area contributed by atoms with Crippen LogP contribution < -0.4 is 5.01 Å². The summed E-state index contributed by atoms with van der Waals surface area (Å²) in [6.45, 7) is 3.60. The maximum atomic E-state index is 12.7. The number of anilines is 1. The Labute approximate surface area is 150 Å². The van der Waals surface area contributed by atoms with Gasteiger partial charge in [0.25, 0.3) is 0 Å². The van der Waals surface area contributed by atoms with Gasteiger partial charge >= 0.3 is 11.9 Å². The number of ether oxygens (including phenoxy) is 1. The topological polar surface area (TPSA) is 79.2 Å². The first kappa shape index (κ1) is 18.5. The standard InChI is InChI=1S/C16H18Cl2N2O4/c1-4-10-13(14(21)22)19-20(16(10,5-2)15(23)24-3)12-7-6-9(17)8-11(12)18/h6-8,10H,4-5H2,1-3H3,(H,21,22). The minimum Gasteiger partial charge on any atom is -0.477 e. The van der Waals surface area contributed by atoms with Gasteiger partial charge in [-0.15, -0.1) is 0 Å². The van der Waals surface area contributed by atoms with E-state index in [9.17, 15) is 14.7 Å². The molecule has 0 amide bonds. The van der Waals surface area contributed by atoms with Crippen LogP contribution in [0.1, 0.15) is 26.7 Å². The second-order valence-electron chi connectivity index (χ2n) is 5.43. The minimum atomic E-state index is -1.27. The van der Waals surface area contributed by atoms with Crippen molar-refractivity contribution in [2.75, 3.05) is 12.1 Å². The number of rotatable bonds is 5. The molecule has 130 valence electrons. The summed E-state index contributed by atoms with van der Waals surface area (Å²) < 4.78 is 4.99. The van der Waals surface area contributed by atoms with Gasteiger partial charge in [0.1, 0.15) is 0 Å². The molecule has 0 bridgehead atoms. The Morgan fingerprint density at radius 3 is 2.50 bits per heavy atom. The zero-order chi connectivity index (χ0) is 18.1. The molecule has 0 radical (unpaired) electrons. The van der Waals surface area contributed by atoms with Gasteiger partial charge in [0.15, 0.2) is 11.3 Å². The Bertz CT molecular complexity index is 707. The molecule has 0 aromatic heterocycles. The largest absolute Gasteiger partial charge is 0.477 e. The molecule has 8 heteroatoms. The number of hydrazone groups is 1. The number of aliphatic carboxylic acids is 1. The molecule has 1 heterocycles. The summed E-state index contributed by atoms with van der Waals surface area (Å²) in [5.41, 5.74) is -0.951. The summed E-state index contributed by atoms with van der Waals surface area (Å²) in [6, 6.07) is 4.74. The fraction of sp³-hybridized carbons (Fsp3) is 0.438. The van der Waals surface area contributed by atoms with Crippen LogP contribution in [0.25, 0.3) is 0 Å². The summed E-state index contributed by atoms with van der Waals surface area (Å²) in [4.78, 5) is 24.3. The van der Waals surface area contributed by atoms with Crippen molar-refractivity contribution in [2.24, 2.45) is 11.0 Å². The van der Waals surface area contributed by atoms with Crippen LogP contribution in [0.2, 0.25) is 10.0 Å². The maximum Gasteiger partial charge on any atom is 0.352 e. The Morgan fingerprint density at radius 2 is 2.04 bits per heavy atom. The van der Waals surface area contributed by atoms with Crippen molar-refractivity contribution < 1.29 is 19.4 Å². The lowest BCUT2D eigenvalue weighted by atomic mass is 9.77. The normalized spacial score (nSPS) is 23.1. The Kier molecular flexibility index (Phi) is 5.40. The van der Waals surface area contributed by atoms with E-state index in [2.05, 4.69) is 5.10 Å². The van der Waals surface area contributed by atoms with Gasteiger partial charge in [0, 0.05) is 10.9 Å². The van der Waals surface area contributed by atoms with E-state index in [4.69, 9.17) is 27.9 Å². The van der Waals surface area contributed by atoms with Gasteiger partial charge in [-0.3, -0.25) is 0 Å². The van der Waals surface area contributed by atoms with Gasteiger partial charge in [-0.1, -0.05) is 37.0 Å². The molecule has 2 rings (SSSR count). The quantitative estimate of drug-likeness (QED) is 0.798. The number of esters is 1. The van der Waals surface area contributed by atoms with Crippen LogP contribution in [-0.4, -0.2) is 35.4 Å². The van der Waals surface area contributed by atoms with Crippen LogP contribution in [0.15, 0.2) is 23.3 Å². The third kappa shape index (κ3) is 2.74. The summed E-state index contributed by atoms with van der Waals surface area (Å²) in [7, 11) is 1.27. The number of methoxy groups -OCH3 is 1. The summed E-state index contributed by atoms with van der Waals surface area (Å²) in [6.07, 6.45) is 0.715. The van der Waals surface area contributed by atoms with Gasteiger partial charge in [0.05, 0.1) is 17.8 Å². The van der Waals surface area contributed by atoms with Crippen molar-refractivity contribution in [2.45, 2.75) is 32.2 Å². The molecule has 0 aliphatic carbocycles. The molecule has 0 fully saturated rings. The second kappa shape index (κ2) is 6.99. The number of hydrogen-bond acceptors (Lipinski definition) is 5. The number of halogens is 2. The van der Waals surface area contributed by atoms with Crippen LogP contribution in [0, 0.1) is 5.92 Å². The maximum absolute atomic E-state index is 12.7. The molecule has 1 aliphatic rings. The van der Waals surface area contributed by atoms with E-state index in [1.165, 1.54) is 18.2 Å². The van der Waals surface area contributed by atoms with Crippen molar-refractivity contribution >= 4 is 46.5 Å². The van der Waals surface area contributed by atoms with Crippen molar-refractivity contribution in [3.05, 3.63) is 28.2 Å². The lowest BCUT2D eigenvalue weighted by Crippen LogP contribution is -2.56. The predicted octanol–water partition coefficient (Wildman–Crippen LogP) is 3.60. The van der Waals surface area contributed by atoms with Gasteiger partial charge in [-0.25, -0.2) is 14.6 Å². The predicted molar refractivity (Wildman–Crippen MR) is 92.8 cm³/mol. The smallest absolute Gasteiger partial charge is 0.352 e. The highest BCUT2D eigenvalue weighted by molar-refractivity contribution is 6.39. The number of benzene rings is 1. The first-order valence-corrected chi connectivity index (χ1v) is 8.24. The number of carbonyl (C=O) groups excluding carboxylic acids is 1. The van der Waals surface area contributed by atoms with Crippen LogP contribution in [0.5, 0.6) is 0 Å². The average Bonchev–Trinajstić information content (AvgIpc) is 2.89. The highest BCUT2D eigenvalue weighted by Gasteiger charge is 2.58. The Balaban J connectivity index is 2.72. The fourth-order valence-electron chi connectivity index (χ4n) is 3.23. The molecule has 6 nitrogen and oxygen atoms in total. The highest BCUT2D eigenvalue weighted by atomic mass is 35.5. The summed E-state index contributed by atoms with van der Waals surface area (Å²) in [5.74, 6) is -2.35. The first-order valence-electron chi connectivity index (χ1n) is 7.48. The SMILES string of the molecule is CCC1C(C(=O)O)=NN(c2ccc(Cl)cc2Cl)C1(CC)C(=O)OC. The molecule has 0 saturated carbocycles. The molecule has 2 atom stereocenters. The molecule has 1 N–H and O–H groups in total. The zero-order valence-corrected chi connectivity index (χ0v) is 15.1. The number of nitrogens with zero attached hydrogens (tertiary/aromatic N) is 2. The molecular weight excluding hydrogens is 355 g/mol. The van der Waals surface area contributed by atoms with Crippen LogP contribution in [0.4, 0.5) is 5.69 Å². The number of hydrogen-bond donors (Lipinski definition) is 1. The average molecular weight is 373 g/mol. The number of carboxylic acid groups (broad SMARTS) is 1. The van der Waals surface area contributed by atoms with Gasteiger partial charge in [0.2, 0.25) is 0 Å². The fourth-order valence-corrected chi connectivity index (χ4v) is 3.72. The molecule has 24 heavy (non-hydrogen) atoms. The van der Waals surface area contributed by atoms with Crippen molar-refractivity contribution in [3.63, 3.8) is 0 Å². The van der Waals surface area contributed by atoms with E-state index in [0.29, 0.717) is 23.6 Å². The van der Waals surface area contributed by atoms with E-state index in [-0.39, 0.29) is 10.7 Å². The Morgan fingerprint density at radius 1 is 1.38 bits per heavy atom. The third-order valence-electron chi connectivity index (χ3n) is 4.34. The lowest BCUT2D eigenvalue weighted by molar-refractivity contribution is -0.148. The first-order chi connectivity index (χ1) is 11.3. The minimum absolute atomic E-state index is 0.0873. The summed E-state index contributed by atoms with van der Waals surface area (Å²) >= 11 is 12.2. The van der Waals surface area contributed by atoms with Crippen molar-refractivity contribution in [1.29, 1.82) is 0 Å². The second-order valence-corrected chi connectivity index (χ2v) is 6.27. The van der Waals surface area contributed by atoms with E-state index in [1.807, 2.05) is 6.92 Å². The van der Waals surface area contributed by atoms with E-state index in [0.717, 1.165) is 0 Å². The summed E-state index contributed by atoms with van der Waals surface area (Å²) in [5, 5.41) is 15.8. The van der Waals surface area contributed by atoms with Crippen LogP contribution in [0.3, 0.4) is 0 Å². The molecule has 1 aromatic rings. The number of carbonyl (C=O) groups is 2. The number of carboxylic acids is 1. The molecular formula is C16H18Cl2N2O4. The highest BCUT2D eigenvalue weighted by Crippen LogP contribution is 2.44. The molecule has 1 aromatic carbocycles. The molecule has 2 unspecified atom stereocenters. The van der Waals surface area contributed by atoms with Gasteiger partial charge in [-0.2, -0.15) is 5.10 Å². The van der Waals surface area contributed by atoms with Crippen molar-refractivity contribution in [1.82, 2.24) is 0 Å². The van der Waals surface area contributed by atoms with Crippen molar-refractivity contribution in [3.8, 4) is 0 Å². The van der Waals surface area contributed by atoms with Crippen LogP contribution in [-0.2, 0) is 14.3 Å². The Hall–Kier alpha value is -1.79. The van der Waals surface area contributed by atoms with Crippen LogP contribution >= 0.6 is 23.2 Å². The van der Waals surface area contributed by atoms with Gasteiger partial charge in [-0.05, 0) is 31.0 Å². The molecule has 1 aliphatic heterocycles. The third-order valence-corrected chi connectivity index (χ3v) is 4.87. The molecule has 0 saturated heterocycles. The molecule has 0 spiro atoms. The van der Waals surface area contributed by atoms with E-state index < -0.39 is 23.4 Å².